The number of hydrogen-bond acceptors (Lipinski definition) is 5. The lowest BCUT2D eigenvalue weighted by Crippen LogP contribution is -2.42. The molecule has 1 aromatic heterocycles. The number of amides is 2. The van der Waals surface area contributed by atoms with Crippen molar-refractivity contribution in [3.8, 4) is 0 Å². The van der Waals surface area contributed by atoms with Crippen LogP contribution in [0.3, 0.4) is 0 Å². The quantitative estimate of drug-likeness (QED) is 0.674. The molecule has 2 atom stereocenters. The molecule has 7 nitrogen and oxygen atoms in total. The van der Waals surface area contributed by atoms with Crippen LogP contribution in [0, 0.1) is 0 Å². The van der Waals surface area contributed by atoms with Crippen LogP contribution in [0.15, 0.2) is 41.6 Å². The Labute approximate surface area is 177 Å². The standard InChI is InChI=1S/C21H22BrN5O2/c1-12(19(23)28)13-5-6-14-11-27(20(29)18(14)7-13)17-4-2-3-16(8-17)26-21-24-9-15(22)10-25-21/h5-7,9-10,16-17H,1-4,8,11H2,(H2,23,28)(H,24,25,26)/t16-,17+/m1/s1. The molecule has 0 bridgehead atoms. The van der Waals surface area contributed by atoms with Crippen LogP contribution in [-0.2, 0) is 11.3 Å². The SMILES string of the molecule is C=C(C(N)=O)c1ccc2c(c1)C(=O)N([C@H]1CCC[C@@H](Nc3ncc(Br)cn3)C1)C2. The second-order valence-electron chi connectivity index (χ2n) is 7.53. The lowest BCUT2D eigenvalue weighted by Gasteiger charge is -2.35. The summed E-state index contributed by atoms with van der Waals surface area (Å²) in [6.45, 7) is 4.30. The van der Waals surface area contributed by atoms with E-state index in [1.807, 2.05) is 11.0 Å². The van der Waals surface area contributed by atoms with Crippen LogP contribution in [0.25, 0.3) is 5.57 Å². The van der Waals surface area contributed by atoms with Crippen molar-refractivity contribution in [1.29, 1.82) is 0 Å². The number of primary amides is 1. The summed E-state index contributed by atoms with van der Waals surface area (Å²) in [5.74, 6) is 0.0257. The second-order valence-corrected chi connectivity index (χ2v) is 8.45. The lowest BCUT2D eigenvalue weighted by atomic mass is 9.90. The third-order valence-corrected chi connectivity index (χ3v) is 6.04. The molecule has 0 unspecified atom stereocenters. The Kier molecular flexibility index (Phi) is 5.36. The van der Waals surface area contributed by atoms with Gasteiger partial charge in [0.2, 0.25) is 11.9 Å². The predicted molar refractivity (Wildman–Crippen MR) is 114 cm³/mol. The molecule has 2 amide bonds. The summed E-state index contributed by atoms with van der Waals surface area (Å²) in [7, 11) is 0. The van der Waals surface area contributed by atoms with Crippen molar-refractivity contribution < 1.29 is 9.59 Å². The Hall–Kier alpha value is -2.74. The van der Waals surface area contributed by atoms with Crippen molar-refractivity contribution in [1.82, 2.24) is 14.9 Å². The van der Waals surface area contributed by atoms with Crippen LogP contribution in [0.5, 0.6) is 0 Å². The zero-order chi connectivity index (χ0) is 20.5. The van der Waals surface area contributed by atoms with Crippen LogP contribution in [-0.4, -0.2) is 38.8 Å². The first-order valence-corrected chi connectivity index (χ1v) is 10.4. The number of carbonyl (C=O) groups is 2. The molecule has 1 fully saturated rings. The maximum absolute atomic E-state index is 13.1. The summed E-state index contributed by atoms with van der Waals surface area (Å²) in [6, 6.07) is 5.80. The number of nitrogens with two attached hydrogens (primary N) is 1. The first-order chi connectivity index (χ1) is 13.9. The molecule has 1 aliphatic carbocycles. The predicted octanol–water partition coefficient (Wildman–Crippen LogP) is 3.12. The summed E-state index contributed by atoms with van der Waals surface area (Å²) < 4.78 is 0.836. The molecule has 0 saturated heterocycles. The van der Waals surface area contributed by atoms with Gasteiger partial charge in [-0.3, -0.25) is 9.59 Å². The second kappa shape index (κ2) is 7.94. The number of aromatic nitrogens is 2. The van der Waals surface area contributed by atoms with E-state index in [1.165, 1.54) is 0 Å². The van der Waals surface area contributed by atoms with E-state index in [2.05, 4.69) is 37.8 Å². The smallest absolute Gasteiger partial charge is 0.254 e. The Morgan fingerprint density at radius 2 is 2.03 bits per heavy atom. The number of nitrogens with one attached hydrogen (secondary N) is 1. The molecule has 1 aliphatic heterocycles. The van der Waals surface area contributed by atoms with E-state index in [4.69, 9.17) is 5.73 Å². The molecule has 0 radical (unpaired) electrons. The molecule has 29 heavy (non-hydrogen) atoms. The Morgan fingerprint density at radius 3 is 2.76 bits per heavy atom. The van der Waals surface area contributed by atoms with Gasteiger partial charge in [0.25, 0.3) is 5.91 Å². The summed E-state index contributed by atoms with van der Waals surface area (Å²) in [4.78, 5) is 35.0. The molecule has 8 heteroatoms. The fourth-order valence-electron chi connectivity index (χ4n) is 4.10. The highest BCUT2D eigenvalue weighted by Gasteiger charge is 2.35. The largest absolute Gasteiger partial charge is 0.366 e. The summed E-state index contributed by atoms with van der Waals surface area (Å²) in [5, 5.41) is 3.39. The van der Waals surface area contributed by atoms with Crippen LogP contribution < -0.4 is 11.1 Å². The highest BCUT2D eigenvalue weighted by atomic mass is 79.9. The van der Waals surface area contributed by atoms with E-state index in [1.54, 1.807) is 24.5 Å². The third kappa shape index (κ3) is 4.03. The molecule has 2 aromatic rings. The van der Waals surface area contributed by atoms with E-state index in [-0.39, 0.29) is 23.6 Å². The number of benzene rings is 1. The van der Waals surface area contributed by atoms with Crippen molar-refractivity contribution in [3.05, 3.63) is 58.3 Å². The number of fused-ring (bicyclic) bond motifs is 1. The van der Waals surface area contributed by atoms with Gasteiger partial charge in [0, 0.05) is 42.2 Å². The molecule has 2 heterocycles. The van der Waals surface area contributed by atoms with E-state index < -0.39 is 5.91 Å². The highest BCUT2D eigenvalue weighted by Crippen LogP contribution is 2.33. The Balaban J connectivity index is 1.46. The first-order valence-electron chi connectivity index (χ1n) is 9.59. The molecule has 2 aliphatic rings. The number of halogens is 1. The first kappa shape index (κ1) is 19.6. The minimum atomic E-state index is -0.580. The van der Waals surface area contributed by atoms with Crippen molar-refractivity contribution in [2.24, 2.45) is 5.73 Å². The van der Waals surface area contributed by atoms with Crippen LogP contribution in [0.2, 0.25) is 0 Å². The van der Waals surface area contributed by atoms with E-state index in [0.29, 0.717) is 23.6 Å². The number of carbonyl (C=O) groups excluding carboxylic acids is 2. The maximum atomic E-state index is 13.1. The van der Waals surface area contributed by atoms with Gasteiger partial charge in [-0.1, -0.05) is 18.7 Å². The maximum Gasteiger partial charge on any atom is 0.254 e. The van der Waals surface area contributed by atoms with Crippen molar-refractivity contribution in [2.45, 2.75) is 44.3 Å². The van der Waals surface area contributed by atoms with Gasteiger partial charge in [-0.15, -0.1) is 0 Å². The molecule has 0 spiro atoms. The fourth-order valence-corrected chi connectivity index (χ4v) is 4.30. The monoisotopic (exact) mass is 455 g/mol. The van der Waals surface area contributed by atoms with Crippen molar-refractivity contribution in [2.75, 3.05) is 5.32 Å². The van der Waals surface area contributed by atoms with Gasteiger partial charge in [0.05, 0.1) is 4.47 Å². The van der Waals surface area contributed by atoms with Gasteiger partial charge >= 0.3 is 0 Å². The van der Waals surface area contributed by atoms with Gasteiger partial charge in [-0.05, 0) is 58.8 Å². The van der Waals surface area contributed by atoms with Crippen LogP contribution >= 0.6 is 15.9 Å². The molecule has 150 valence electrons. The van der Waals surface area contributed by atoms with Crippen molar-refractivity contribution in [3.63, 3.8) is 0 Å². The molecule has 1 aromatic carbocycles. The van der Waals surface area contributed by atoms with Gasteiger partial charge in [-0.2, -0.15) is 0 Å². The topological polar surface area (TPSA) is 101 Å². The zero-order valence-electron chi connectivity index (χ0n) is 15.9. The number of hydrogen-bond donors (Lipinski definition) is 2. The van der Waals surface area contributed by atoms with Crippen LogP contribution in [0.1, 0.15) is 47.2 Å². The Morgan fingerprint density at radius 1 is 1.28 bits per heavy atom. The minimum Gasteiger partial charge on any atom is -0.366 e. The number of anilines is 1. The molecular formula is C21H22BrN5O2. The highest BCUT2D eigenvalue weighted by molar-refractivity contribution is 9.10. The van der Waals surface area contributed by atoms with Gasteiger partial charge in [0.15, 0.2) is 0 Å². The average Bonchev–Trinajstić information content (AvgIpc) is 3.05. The van der Waals surface area contributed by atoms with E-state index in [9.17, 15) is 9.59 Å². The molecule has 3 N–H and O–H groups in total. The fraction of sp³-hybridized carbons (Fsp3) is 0.333. The Bertz CT molecular complexity index is 976. The summed E-state index contributed by atoms with van der Waals surface area (Å²) >= 11 is 3.34. The molecule has 1 saturated carbocycles. The minimum absolute atomic E-state index is 0.00432. The van der Waals surface area contributed by atoms with Gasteiger partial charge in [-0.25, -0.2) is 9.97 Å². The van der Waals surface area contributed by atoms with Gasteiger partial charge in [0.1, 0.15) is 0 Å². The lowest BCUT2D eigenvalue weighted by molar-refractivity contribution is -0.112. The van der Waals surface area contributed by atoms with Gasteiger partial charge < -0.3 is 16.0 Å². The number of rotatable bonds is 5. The van der Waals surface area contributed by atoms with Crippen molar-refractivity contribution >= 4 is 39.3 Å². The third-order valence-electron chi connectivity index (χ3n) is 5.63. The number of nitrogens with zero attached hydrogens (tertiary/aromatic N) is 3. The molecule has 4 rings (SSSR count). The molecular weight excluding hydrogens is 434 g/mol. The summed E-state index contributed by atoms with van der Waals surface area (Å²) in [6.07, 6.45) is 7.30. The summed E-state index contributed by atoms with van der Waals surface area (Å²) in [5.41, 5.74) is 7.75. The van der Waals surface area contributed by atoms with Crippen LogP contribution in [0.4, 0.5) is 5.95 Å². The van der Waals surface area contributed by atoms with E-state index >= 15 is 0 Å². The van der Waals surface area contributed by atoms with E-state index in [0.717, 1.165) is 35.7 Å². The average molecular weight is 456 g/mol. The zero-order valence-corrected chi connectivity index (χ0v) is 17.5. The normalized spacial score (nSPS) is 21.0.